The number of ether oxygens (including phenoxy) is 1. The van der Waals surface area contributed by atoms with E-state index in [9.17, 15) is 4.79 Å². The van der Waals surface area contributed by atoms with Crippen molar-refractivity contribution < 1.29 is 9.53 Å². The molecule has 0 saturated carbocycles. The Morgan fingerprint density at radius 1 is 1.50 bits per heavy atom. The number of aromatic nitrogens is 2. The second-order valence-electron chi connectivity index (χ2n) is 5.96. The number of aryl methyl sites for hydroxylation is 2. The van der Waals surface area contributed by atoms with Gasteiger partial charge < -0.3 is 10.1 Å². The quantitative estimate of drug-likeness (QED) is 0.820. The van der Waals surface area contributed by atoms with Gasteiger partial charge in [-0.2, -0.15) is 5.10 Å². The van der Waals surface area contributed by atoms with Crippen LogP contribution in [0, 0.1) is 6.92 Å². The molecule has 0 radical (unpaired) electrons. The zero-order valence-corrected chi connectivity index (χ0v) is 14.0. The van der Waals surface area contributed by atoms with Gasteiger partial charge in [0.25, 0.3) is 0 Å². The summed E-state index contributed by atoms with van der Waals surface area (Å²) < 4.78 is 6.83. The fourth-order valence-corrected chi connectivity index (χ4v) is 2.87. The van der Waals surface area contributed by atoms with Crippen LogP contribution in [0.4, 0.5) is 5.82 Å². The molecule has 1 fully saturated rings. The van der Waals surface area contributed by atoms with Crippen LogP contribution in [0.1, 0.15) is 12.6 Å². The number of carbonyl (C=O) groups is 1. The lowest BCUT2D eigenvalue weighted by Crippen LogP contribution is -2.54. The maximum absolute atomic E-state index is 12.2. The van der Waals surface area contributed by atoms with Crippen molar-refractivity contribution in [3.63, 3.8) is 0 Å². The summed E-state index contributed by atoms with van der Waals surface area (Å²) in [6, 6.07) is 2.32. The Hall–Kier alpha value is -1.44. The first-order valence-corrected chi connectivity index (χ1v) is 7.75. The first-order valence-electron chi connectivity index (χ1n) is 7.75. The Morgan fingerprint density at radius 2 is 2.27 bits per heavy atom. The minimum absolute atomic E-state index is 0.0144. The molecule has 1 atom stereocenters. The zero-order chi connectivity index (χ0) is 16.1. The van der Waals surface area contributed by atoms with Crippen LogP contribution in [0.2, 0.25) is 0 Å². The molecule has 1 aromatic heterocycles. The van der Waals surface area contributed by atoms with E-state index in [1.807, 2.05) is 20.0 Å². The number of hydrogen-bond acceptors (Lipinski definition) is 5. The van der Waals surface area contributed by atoms with Crippen LogP contribution in [-0.4, -0.2) is 78.0 Å². The normalized spacial score (nSPS) is 20.3. The summed E-state index contributed by atoms with van der Waals surface area (Å²) in [5.41, 5.74) is 0.901. The molecule has 124 valence electrons. The second-order valence-corrected chi connectivity index (χ2v) is 5.96. The summed E-state index contributed by atoms with van der Waals surface area (Å²) >= 11 is 0. The van der Waals surface area contributed by atoms with Crippen LogP contribution >= 0.6 is 0 Å². The lowest BCUT2D eigenvalue weighted by Gasteiger charge is -2.39. The molecule has 2 heterocycles. The van der Waals surface area contributed by atoms with Gasteiger partial charge in [0.1, 0.15) is 5.82 Å². The van der Waals surface area contributed by atoms with Crippen LogP contribution in [0.3, 0.4) is 0 Å². The van der Waals surface area contributed by atoms with Gasteiger partial charge in [0.2, 0.25) is 5.91 Å². The molecule has 0 spiro atoms. The summed E-state index contributed by atoms with van der Waals surface area (Å²) in [7, 11) is 3.56. The second kappa shape index (κ2) is 7.71. The summed E-state index contributed by atoms with van der Waals surface area (Å²) in [5, 5.41) is 7.16. The van der Waals surface area contributed by atoms with Crippen molar-refractivity contribution in [3.05, 3.63) is 11.8 Å². The van der Waals surface area contributed by atoms with E-state index in [1.54, 1.807) is 11.8 Å². The maximum Gasteiger partial charge on any atom is 0.239 e. The molecule has 1 aliphatic rings. The topological polar surface area (TPSA) is 62.6 Å². The highest BCUT2D eigenvalue weighted by atomic mass is 16.5. The number of methoxy groups -OCH3 is 1. The Kier molecular flexibility index (Phi) is 5.93. The third kappa shape index (κ3) is 4.53. The summed E-state index contributed by atoms with van der Waals surface area (Å²) in [5.74, 6) is 0.759. The summed E-state index contributed by atoms with van der Waals surface area (Å²) in [4.78, 5) is 16.8. The van der Waals surface area contributed by atoms with E-state index in [0.29, 0.717) is 12.6 Å². The smallest absolute Gasteiger partial charge is 0.239 e. The van der Waals surface area contributed by atoms with E-state index in [4.69, 9.17) is 4.74 Å². The van der Waals surface area contributed by atoms with E-state index >= 15 is 0 Å². The predicted octanol–water partition coefficient (Wildman–Crippen LogP) is 0.320. The van der Waals surface area contributed by atoms with Gasteiger partial charge in [-0.1, -0.05) is 0 Å². The Bertz CT molecular complexity index is 502. The van der Waals surface area contributed by atoms with Crippen LogP contribution in [0.25, 0.3) is 0 Å². The number of nitrogens with zero attached hydrogens (tertiary/aromatic N) is 4. The van der Waals surface area contributed by atoms with Crippen molar-refractivity contribution in [2.45, 2.75) is 19.9 Å². The van der Waals surface area contributed by atoms with Crippen molar-refractivity contribution >= 4 is 11.7 Å². The standard InChI is InChI=1S/C15H27N5O2/c1-12-9-14(18(3)17-12)16-15(21)11-19-5-6-20(7-8-22-4)13(2)10-19/h9,13H,5-8,10-11H2,1-4H3,(H,16,21)/t13-/m0/s1. The number of rotatable bonds is 6. The van der Waals surface area contributed by atoms with Crippen LogP contribution in [-0.2, 0) is 16.6 Å². The van der Waals surface area contributed by atoms with E-state index < -0.39 is 0 Å². The molecule has 0 unspecified atom stereocenters. The summed E-state index contributed by atoms with van der Waals surface area (Å²) in [6.45, 7) is 9.03. The highest BCUT2D eigenvalue weighted by Crippen LogP contribution is 2.11. The van der Waals surface area contributed by atoms with E-state index in [0.717, 1.165) is 44.3 Å². The van der Waals surface area contributed by atoms with Gasteiger partial charge in [0.15, 0.2) is 0 Å². The van der Waals surface area contributed by atoms with Crippen molar-refractivity contribution in [1.82, 2.24) is 19.6 Å². The van der Waals surface area contributed by atoms with Gasteiger partial charge in [-0.25, -0.2) is 0 Å². The van der Waals surface area contributed by atoms with Gasteiger partial charge in [-0.3, -0.25) is 19.3 Å². The molecule has 7 heteroatoms. The van der Waals surface area contributed by atoms with Crippen molar-refractivity contribution in [3.8, 4) is 0 Å². The fraction of sp³-hybridized carbons (Fsp3) is 0.733. The van der Waals surface area contributed by atoms with Gasteiger partial charge in [-0.15, -0.1) is 0 Å². The van der Waals surface area contributed by atoms with Gasteiger partial charge in [-0.05, 0) is 13.8 Å². The number of carbonyl (C=O) groups excluding carboxylic acids is 1. The average Bonchev–Trinajstić information content (AvgIpc) is 2.76. The Morgan fingerprint density at radius 3 is 2.86 bits per heavy atom. The van der Waals surface area contributed by atoms with Gasteiger partial charge in [0, 0.05) is 52.4 Å². The van der Waals surface area contributed by atoms with E-state index in [-0.39, 0.29) is 5.91 Å². The highest BCUT2D eigenvalue weighted by Gasteiger charge is 2.24. The third-order valence-electron chi connectivity index (χ3n) is 4.07. The molecular formula is C15H27N5O2. The first kappa shape index (κ1) is 16.9. The molecule has 0 aliphatic carbocycles. The van der Waals surface area contributed by atoms with Crippen LogP contribution in [0.5, 0.6) is 0 Å². The SMILES string of the molecule is COCCN1CCN(CC(=O)Nc2cc(C)nn2C)C[C@@H]1C. The zero-order valence-electron chi connectivity index (χ0n) is 14.0. The molecule has 1 saturated heterocycles. The largest absolute Gasteiger partial charge is 0.383 e. The summed E-state index contributed by atoms with van der Waals surface area (Å²) in [6.07, 6.45) is 0. The van der Waals surface area contributed by atoms with Crippen molar-refractivity contribution in [1.29, 1.82) is 0 Å². The molecule has 1 N–H and O–H groups in total. The molecular weight excluding hydrogens is 282 g/mol. The van der Waals surface area contributed by atoms with Gasteiger partial charge in [0.05, 0.1) is 18.8 Å². The van der Waals surface area contributed by atoms with E-state index in [2.05, 4.69) is 27.1 Å². The first-order chi connectivity index (χ1) is 10.5. The molecule has 1 amide bonds. The molecule has 0 aromatic carbocycles. The molecule has 0 bridgehead atoms. The maximum atomic E-state index is 12.2. The van der Waals surface area contributed by atoms with Crippen molar-refractivity contribution in [2.24, 2.45) is 7.05 Å². The number of anilines is 1. The Balaban J connectivity index is 1.79. The molecule has 2 rings (SSSR count). The highest BCUT2D eigenvalue weighted by molar-refractivity contribution is 5.91. The molecule has 1 aromatic rings. The Labute approximate surface area is 132 Å². The predicted molar refractivity (Wildman–Crippen MR) is 85.9 cm³/mol. The van der Waals surface area contributed by atoms with Crippen molar-refractivity contribution in [2.75, 3.05) is 51.8 Å². The third-order valence-corrected chi connectivity index (χ3v) is 4.07. The molecule has 22 heavy (non-hydrogen) atoms. The number of piperazine rings is 1. The molecule has 7 nitrogen and oxygen atoms in total. The number of hydrogen-bond donors (Lipinski definition) is 1. The monoisotopic (exact) mass is 309 g/mol. The molecule has 1 aliphatic heterocycles. The van der Waals surface area contributed by atoms with Crippen LogP contribution in [0.15, 0.2) is 6.07 Å². The average molecular weight is 309 g/mol. The van der Waals surface area contributed by atoms with E-state index in [1.165, 1.54) is 0 Å². The lowest BCUT2D eigenvalue weighted by atomic mass is 10.2. The fourth-order valence-electron chi connectivity index (χ4n) is 2.87. The van der Waals surface area contributed by atoms with Gasteiger partial charge >= 0.3 is 0 Å². The van der Waals surface area contributed by atoms with Crippen LogP contribution < -0.4 is 5.32 Å². The minimum atomic E-state index is 0.0144. The lowest BCUT2D eigenvalue weighted by molar-refractivity contribution is -0.118. The number of amides is 1. The number of nitrogens with one attached hydrogen (secondary N) is 1. The minimum Gasteiger partial charge on any atom is -0.383 e.